The standard InChI is InChI=1S/C23H24FN9/c1-32(2)21-14-26-18-5-3-15(11-19(18)29-21)22-17(24)13-28-23(31-22)30-20-6-4-16(12-27-20)33-9-7-25-8-10-33/h3-6,11-14,25H,7-10H2,1-2H3,(H,27,28,30,31). The second-order valence-electron chi connectivity index (χ2n) is 7.98. The number of hydrogen-bond donors (Lipinski definition) is 2. The lowest BCUT2D eigenvalue weighted by Crippen LogP contribution is -2.43. The number of piperazine rings is 1. The molecule has 3 aromatic heterocycles. The maximum atomic E-state index is 14.6. The second-order valence-corrected chi connectivity index (χ2v) is 7.98. The van der Waals surface area contributed by atoms with Gasteiger partial charge in [0.1, 0.15) is 17.3 Å². The number of fused-ring (bicyclic) bond motifs is 1. The molecule has 0 bridgehead atoms. The molecule has 0 aliphatic carbocycles. The summed E-state index contributed by atoms with van der Waals surface area (Å²) in [5, 5.41) is 6.41. The van der Waals surface area contributed by atoms with Gasteiger partial charge in [-0.3, -0.25) is 4.98 Å². The summed E-state index contributed by atoms with van der Waals surface area (Å²) in [5.74, 6) is 1.06. The number of aromatic nitrogens is 5. The first kappa shape index (κ1) is 21.0. The molecule has 0 amide bonds. The molecule has 0 spiro atoms. The van der Waals surface area contributed by atoms with Crippen LogP contribution in [0.15, 0.2) is 48.9 Å². The average molecular weight is 446 g/mol. The number of nitrogens with one attached hydrogen (secondary N) is 2. The van der Waals surface area contributed by atoms with Gasteiger partial charge in [-0.1, -0.05) is 6.07 Å². The van der Waals surface area contributed by atoms with E-state index in [0.717, 1.165) is 49.4 Å². The minimum absolute atomic E-state index is 0.184. The van der Waals surface area contributed by atoms with Gasteiger partial charge in [0.25, 0.3) is 0 Å². The van der Waals surface area contributed by atoms with E-state index < -0.39 is 5.82 Å². The van der Waals surface area contributed by atoms with E-state index in [4.69, 9.17) is 0 Å². The number of hydrogen-bond acceptors (Lipinski definition) is 9. The van der Waals surface area contributed by atoms with Gasteiger partial charge in [-0.15, -0.1) is 0 Å². The Hall–Kier alpha value is -3.92. The zero-order valence-electron chi connectivity index (χ0n) is 18.5. The molecule has 33 heavy (non-hydrogen) atoms. The lowest BCUT2D eigenvalue weighted by atomic mass is 10.1. The van der Waals surface area contributed by atoms with Gasteiger partial charge in [-0.2, -0.15) is 0 Å². The minimum atomic E-state index is -0.515. The first-order valence-corrected chi connectivity index (χ1v) is 10.7. The van der Waals surface area contributed by atoms with Gasteiger partial charge in [-0.05, 0) is 24.3 Å². The Morgan fingerprint density at radius 1 is 0.939 bits per heavy atom. The summed E-state index contributed by atoms with van der Waals surface area (Å²) in [6, 6.07) is 9.25. The number of rotatable bonds is 5. The molecule has 1 aliphatic heterocycles. The topological polar surface area (TPSA) is 95.0 Å². The molecule has 4 aromatic rings. The lowest BCUT2D eigenvalue weighted by molar-refractivity contribution is 0.589. The highest BCUT2D eigenvalue weighted by Gasteiger charge is 2.13. The van der Waals surface area contributed by atoms with Crippen LogP contribution in [0.3, 0.4) is 0 Å². The van der Waals surface area contributed by atoms with Crippen molar-refractivity contribution in [3.63, 3.8) is 0 Å². The van der Waals surface area contributed by atoms with Crippen molar-refractivity contribution in [1.29, 1.82) is 0 Å². The van der Waals surface area contributed by atoms with Crippen molar-refractivity contribution in [2.24, 2.45) is 0 Å². The predicted octanol–water partition coefficient (Wildman–Crippen LogP) is 2.84. The summed E-state index contributed by atoms with van der Waals surface area (Å²) in [6.07, 6.45) is 4.68. The van der Waals surface area contributed by atoms with E-state index in [9.17, 15) is 4.39 Å². The summed E-state index contributed by atoms with van der Waals surface area (Å²) in [7, 11) is 3.79. The van der Waals surface area contributed by atoms with Crippen LogP contribution in [0.5, 0.6) is 0 Å². The molecule has 1 fully saturated rings. The molecular formula is C23H24FN9. The first-order valence-electron chi connectivity index (χ1n) is 10.7. The van der Waals surface area contributed by atoms with Crippen LogP contribution >= 0.6 is 0 Å². The Balaban J connectivity index is 1.40. The summed E-state index contributed by atoms with van der Waals surface area (Å²) in [6.45, 7) is 3.82. The molecule has 0 unspecified atom stereocenters. The van der Waals surface area contributed by atoms with E-state index in [1.807, 2.05) is 43.4 Å². The van der Waals surface area contributed by atoms with Gasteiger partial charge in [0.05, 0.1) is 35.3 Å². The highest BCUT2D eigenvalue weighted by molar-refractivity contribution is 5.81. The zero-order valence-corrected chi connectivity index (χ0v) is 18.5. The maximum absolute atomic E-state index is 14.6. The van der Waals surface area contributed by atoms with Crippen molar-refractivity contribution in [1.82, 2.24) is 30.2 Å². The van der Waals surface area contributed by atoms with E-state index in [0.29, 0.717) is 16.9 Å². The molecule has 10 heteroatoms. The molecule has 1 saturated heterocycles. The van der Waals surface area contributed by atoms with E-state index in [-0.39, 0.29) is 11.6 Å². The zero-order chi connectivity index (χ0) is 22.8. The fourth-order valence-corrected chi connectivity index (χ4v) is 3.68. The Labute approximate surface area is 190 Å². The third-order valence-corrected chi connectivity index (χ3v) is 5.48. The van der Waals surface area contributed by atoms with E-state index in [2.05, 4.69) is 40.5 Å². The van der Waals surface area contributed by atoms with Crippen LogP contribution in [0, 0.1) is 5.82 Å². The summed E-state index contributed by atoms with van der Waals surface area (Å²) >= 11 is 0. The van der Waals surface area contributed by atoms with Crippen molar-refractivity contribution in [2.75, 3.05) is 55.4 Å². The molecule has 4 heterocycles. The van der Waals surface area contributed by atoms with Gasteiger partial charge >= 0.3 is 0 Å². The largest absolute Gasteiger partial charge is 0.368 e. The van der Waals surface area contributed by atoms with Crippen LogP contribution in [0.4, 0.5) is 27.7 Å². The Morgan fingerprint density at radius 3 is 2.55 bits per heavy atom. The fraction of sp³-hybridized carbons (Fsp3) is 0.261. The molecule has 9 nitrogen and oxygen atoms in total. The molecule has 168 valence electrons. The minimum Gasteiger partial charge on any atom is -0.368 e. The average Bonchev–Trinajstić information content (AvgIpc) is 2.85. The normalized spacial score (nSPS) is 13.8. The van der Waals surface area contributed by atoms with Gasteiger partial charge in [0, 0.05) is 45.8 Å². The fourth-order valence-electron chi connectivity index (χ4n) is 3.68. The molecule has 0 saturated carbocycles. The van der Waals surface area contributed by atoms with Crippen LogP contribution < -0.4 is 20.4 Å². The molecule has 0 atom stereocenters. The van der Waals surface area contributed by atoms with E-state index in [1.54, 1.807) is 18.3 Å². The van der Waals surface area contributed by atoms with Gasteiger partial charge in [0.2, 0.25) is 5.95 Å². The van der Waals surface area contributed by atoms with Crippen LogP contribution in [-0.4, -0.2) is 65.2 Å². The quantitative estimate of drug-likeness (QED) is 0.481. The molecule has 2 N–H and O–H groups in total. The highest BCUT2D eigenvalue weighted by atomic mass is 19.1. The Bertz CT molecular complexity index is 1270. The first-order chi connectivity index (χ1) is 16.1. The third-order valence-electron chi connectivity index (χ3n) is 5.48. The molecule has 0 radical (unpaired) electrons. The number of halogens is 1. The smallest absolute Gasteiger partial charge is 0.229 e. The van der Waals surface area contributed by atoms with Crippen molar-refractivity contribution < 1.29 is 4.39 Å². The monoisotopic (exact) mass is 445 g/mol. The Kier molecular flexibility index (Phi) is 5.66. The second kappa shape index (κ2) is 8.91. The van der Waals surface area contributed by atoms with Gasteiger partial charge < -0.3 is 20.4 Å². The molecule has 1 aliphatic rings. The number of benzene rings is 1. The van der Waals surface area contributed by atoms with Crippen molar-refractivity contribution in [2.45, 2.75) is 0 Å². The predicted molar refractivity (Wildman–Crippen MR) is 127 cm³/mol. The summed E-state index contributed by atoms with van der Waals surface area (Å²) < 4.78 is 14.6. The van der Waals surface area contributed by atoms with Crippen molar-refractivity contribution in [3.8, 4) is 11.3 Å². The van der Waals surface area contributed by atoms with Crippen LogP contribution in [0.25, 0.3) is 22.3 Å². The summed E-state index contributed by atoms with van der Waals surface area (Å²) in [4.78, 5) is 26.1. The van der Waals surface area contributed by atoms with Crippen molar-refractivity contribution in [3.05, 3.63) is 54.7 Å². The third kappa shape index (κ3) is 4.51. The number of nitrogens with zero attached hydrogens (tertiary/aromatic N) is 7. The van der Waals surface area contributed by atoms with Gasteiger partial charge in [0.15, 0.2) is 5.82 Å². The molecule has 5 rings (SSSR count). The molecular weight excluding hydrogens is 421 g/mol. The maximum Gasteiger partial charge on any atom is 0.229 e. The van der Waals surface area contributed by atoms with Crippen LogP contribution in [0.1, 0.15) is 0 Å². The SMILES string of the molecule is CN(C)c1cnc2ccc(-c3nc(Nc4ccc(N5CCNCC5)cn4)ncc3F)cc2n1. The number of pyridine rings is 1. The Morgan fingerprint density at radius 2 is 1.79 bits per heavy atom. The number of anilines is 4. The van der Waals surface area contributed by atoms with E-state index in [1.165, 1.54) is 0 Å². The van der Waals surface area contributed by atoms with E-state index >= 15 is 0 Å². The summed E-state index contributed by atoms with van der Waals surface area (Å²) in [5.41, 5.74) is 3.24. The highest BCUT2D eigenvalue weighted by Crippen LogP contribution is 2.26. The lowest BCUT2D eigenvalue weighted by Gasteiger charge is -2.29. The molecule has 1 aromatic carbocycles. The van der Waals surface area contributed by atoms with Crippen molar-refractivity contribution >= 4 is 34.3 Å². The van der Waals surface area contributed by atoms with Gasteiger partial charge in [-0.25, -0.2) is 24.3 Å². The van der Waals surface area contributed by atoms with Crippen LogP contribution in [0.2, 0.25) is 0 Å². The van der Waals surface area contributed by atoms with Crippen LogP contribution in [-0.2, 0) is 0 Å².